The van der Waals surface area contributed by atoms with Gasteiger partial charge < -0.3 is 15.8 Å². The first-order valence-corrected chi connectivity index (χ1v) is 7.03. The van der Waals surface area contributed by atoms with E-state index >= 15 is 0 Å². The molecule has 1 aliphatic rings. The van der Waals surface area contributed by atoms with Crippen molar-refractivity contribution in [3.8, 4) is 0 Å². The van der Waals surface area contributed by atoms with E-state index in [1.165, 1.54) is 0 Å². The van der Waals surface area contributed by atoms with Gasteiger partial charge in [-0.3, -0.25) is 9.69 Å². The standard InChI is InChI=1S/C15H23N3O2/c1-11-9-13(16)10-12(2)14(11)15(19)17-3-4-18-5-7-20-8-6-18/h9-10H,3-8,16H2,1-2H3,(H,17,19). The average Bonchev–Trinajstić information content (AvgIpc) is 2.38. The Bertz CT molecular complexity index is 459. The van der Waals surface area contributed by atoms with Crippen LogP contribution in [0.25, 0.3) is 0 Å². The first kappa shape index (κ1) is 14.8. The molecule has 3 N–H and O–H groups in total. The van der Waals surface area contributed by atoms with Crippen molar-refractivity contribution in [1.82, 2.24) is 10.2 Å². The van der Waals surface area contributed by atoms with Crippen molar-refractivity contribution in [2.75, 3.05) is 45.1 Å². The van der Waals surface area contributed by atoms with Crippen molar-refractivity contribution in [3.63, 3.8) is 0 Å². The monoisotopic (exact) mass is 277 g/mol. The van der Waals surface area contributed by atoms with Crippen LogP contribution in [0.1, 0.15) is 21.5 Å². The quantitative estimate of drug-likeness (QED) is 0.804. The number of morpholine rings is 1. The highest BCUT2D eigenvalue weighted by Crippen LogP contribution is 2.17. The SMILES string of the molecule is Cc1cc(N)cc(C)c1C(=O)NCCN1CCOCC1. The molecule has 20 heavy (non-hydrogen) atoms. The fraction of sp³-hybridized carbons (Fsp3) is 0.533. The van der Waals surface area contributed by atoms with Crippen LogP contribution in [0.5, 0.6) is 0 Å². The number of nitrogens with zero attached hydrogens (tertiary/aromatic N) is 1. The molecule has 1 aliphatic heterocycles. The number of amides is 1. The maximum Gasteiger partial charge on any atom is 0.251 e. The molecule has 1 saturated heterocycles. The molecular formula is C15H23N3O2. The lowest BCUT2D eigenvalue weighted by molar-refractivity contribution is 0.0383. The summed E-state index contributed by atoms with van der Waals surface area (Å²) in [6.45, 7) is 8.80. The van der Waals surface area contributed by atoms with Crippen LogP contribution in [-0.4, -0.2) is 50.2 Å². The number of hydrogen-bond acceptors (Lipinski definition) is 4. The number of nitrogens with one attached hydrogen (secondary N) is 1. The Morgan fingerprint density at radius 1 is 1.30 bits per heavy atom. The van der Waals surface area contributed by atoms with Gasteiger partial charge in [-0.05, 0) is 37.1 Å². The lowest BCUT2D eigenvalue weighted by Crippen LogP contribution is -2.41. The summed E-state index contributed by atoms with van der Waals surface area (Å²) in [6, 6.07) is 3.67. The number of aryl methyl sites for hydroxylation is 2. The zero-order valence-electron chi connectivity index (χ0n) is 12.2. The summed E-state index contributed by atoms with van der Waals surface area (Å²) in [4.78, 5) is 14.5. The molecule has 0 aliphatic carbocycles. The highest BCUT2D eigenvalue weighted by molar-refractivity contribution is 5.97. The van der Waals surface area contributed by atoms with Crippen molar-refractivity contribution in [3.05, 3.63) is 28.8 Å². The van der Waals surface area contributed by atoms with Crippen LogP contribution in [0.15, 0.2) is 12.1 Å². The Kier molecular flexibility index (Phi) is 4.98. The number of nitrogen functional groups attached to an aromatic ring is 1. The number of nitrogens with two attached hydrogens (primary N) is 1. The van der Waals surface area contributed by atoms with Gasteiger partial charge >= 0.3 is 0 Å². The maximum absolute atomic E-state index is 12.2. The summed E-state index contributed by atoms with van der Waals surface area (Å²) >= 11 is 0. The number of rotatable bonds is 4. The molecule has 1 heterocycles. The number of hydrogen-bond donors (Lipinski definition) is 2. The van der Waals surface area contributed by atoms with E-state index in [2.05, 4.69) is 10.2 Å². The normalized spacial score (nSPS) is 16.1. The van der Waals surface area contributed by atoms with Gasteiger partial charge in [0.2, 0.25) is 0 Å². The smallest absolute Gasteiger partial charge is 0.251 e. The van der Waals surface area contributed by atoms with Crippen molar-refractivity contribution in [2.45, 2.75) is 13.8 Å². The second kappa shape index (κ2) is 6.72. The van der Waals surface area contributed by atoms with Crippen LogP contribution in [-0.2, 0) is 4.74 Å². The van der Waals surface area contributed by atoms with E-state index < -0.39 is 0 Å². The molecule has 0 atom stereocenters. The topological polar surface area (TPSA) is 67.6 Å². The second-order valence-corrected chi connectivity index (χ2v) is 5.24. The molecule has 0 bridgehead atoms. The molecule has 110 valence electrons. The molecule has 5 nitrogen and oxygen atoms in total. The van der Waals surface area contributed by atoms with E-state index in [0.29, 0.717) is 12.2 Å². The molecule has 0 saturated carbocycles. The van der Waals surface area contributed by atoms with Crippen molar-refractivity contribution < 1.29 is 9.53 Å². The van der Waals surface area contributed by atoms with Crippen LogP contribution in [0.3, 0.4) is 0 Å². The van der Waals surface area contributed by atoms with Gasteiger partial charge in [-0.2, -0.15) is 0 Å². The zero-order valence-corrected chi connectivity index (χ0v) is 12.2. The summed E-state index contributed by atoms with van der Waals surface area (Å²) in [6.07, 6.45) is 0. The summed E-state index contributed by atoms with van der Waals surface area (Å²) in [5.74, 6) is -0.0201. The molecule has 2 rings (SSSR count). The van der Waals surface area contributed by atoms with Crippen LogP contribution in [0, 0.1) is 13.8 Å². The fourth-order valence-corrected chi connectivity index (χ4v) is 2.60. The van der Waals surface area contributed by atoms with E-state index in [9.17, 15) is 4.79 Å². The number of carbonyl (C=O) groups excluding carboxylic acids is 1. The first-order valence-electron chi connectivity index (χ1n) is 7.03. The third-order valence-corrected chi connectivity index (χ3v) is 3.60. The number of anilines is 1. The van der Waals surface area contributed by atoms with Gasteiger partial charge in [0, 0.05) is 37.4 Å². The molecule has 1 fully saturated rings. The lowest BCUT2D eigenvalue weighted by Gasteiger charge is -2.26. The predicted octanol–water partition coefficient (Wildman–Crippen LogP) is 0.948. The Hall–Kier alpha value is -1.59. The minimum atomic E-state index is -0.0201. The lowest BCUT2D eigenvalue weighted by atomic mass is 10.0. The third-order valence-electron chi connectivity index (χ3n) is 3.60. The minimum absolute atomic E-state index is 0.0201. The van der Waals surface area contributed by atoms with Crippen molar-refractivity contribution in [2.24, 2.45) is 0 Å². The molecule has 1 aromatic rings. The summed E-state index contributed by atoms with van der Waals surface area (Å²) in [7, 11) is 0. The van der Waals surface area contributed by atoms with Gasteiger partial charge in [0.25, 0.3) is 5.91 Å². The third kappa shape index (κ3) is 3.71. The van der Waals surface area contributed by atoms with Gasteiger partial charge in [0.05, 0.1) is 13.2 Å². The van der Waals surface area contributed by atoms with Gasteiger partial charge in [-0.15, -0.1) is 0 Å². The van der Waals surface area contributed by atoms with E-state index in [-0.39, 0.29) is 5.91 Å². The maximum atomic E-state index is 12.2. The molecule has 5 heteroatoms. The number of carbonyl (C=O) groups is 1. The average molecular weight is 277 g/mol. The van der Waals surface area contributed by atoms with Gasteiger partial charge in [0.15, 0.2) is 0 Å². The Labute approximate surface area is 120 Å². The van der Waals surface area contributed by atoms with Gasteiger partial charge in [-0.25, -0.2) is 0 Å². The number of ether oxygens (including phenoxy) is 1. The zero-order chi connectivity index (χ0) is 14.5. The highest BCUT2D eigenvalue weighted by atomic mass is 16.5. The predicted molar refractivity (Wildman–Crippen MR) is 79.9 cm³/mol. The molecule has 0 radical (unpaired) electrons. The first-order chi connectivity index (χ1) is 9.58. The van der Waals surface area contributed by atoms with Crippen LogP contribution >= 0.6 is 0 Å². The molecule has 0 unspecified atom stereocenters. The van der Waals surface area contributed by atoms with Crippen LogP contribution in [0.4, 0.5) is 5.69 Å². The molecular weight excluding hydrogens is 254 g/mol. The van der Waals surface area contributed by atoms with Gasteiger partial charge in [-0.1, -0.05) is 0 Å². The summed E-state index contributed by atoms with van der Waals surface area (Å²) < 4.78 is 5.30. The molecule has 1 aromatic carbocycles. The van der Waals surface area contributed by atoms with E-state index in [4.69, 9.17) is 10.5 Å². The summed E-state index contributed by atoms with van der Waals surface area (Å²) in [5.41, 5.74) is 9.06. The van der Waals surface area contributed by atoms with Gasteiger partial charge in [0.1, 0.15) is 0 Å². The van der Waals surface area contributed by atoms with E-state index in [1.54, 1.807) is 0 Å². The number of benzene rings is 1. The van der Waals surface area contributed by atoms with E-state index in [1.807, 2.05) is 26.0 Å². The van der Waals surface area contributed by atoms with Crippen molar-refractivity contribution >= 4 is 11.6 Å². The second-order valence-electron chi connectivity index (χ2n) is 5.24. The Morgan fingerprint density at radius 2 is 1.90 bits per heavy atom. The Balaban J connectivity index is 1.88. The fourth-order valence-electron chi connectivity index (χ4n) is 2.60. The highest BCUT2D eigenvalue weighted by Gasteiger charge is 2.14. The van der Waals surface area contributed by atoms with Crippen molar-refractivity contribution in [1.29, 1.82) is 0 Å². The summed E-state index contributed by atoms with van der Waals surface area (Å²) in [5, 5.41) is 2.99. The van der Waals surface area contributed by atoms with Crippen LogP contribution < -0.4 is 11.1 Å². The molecule has 0 spiro atoms. The van der Waals surface area contributed by atoms with Crippen LogP contribution in [0.2, 0.25) is 0 Å². The molecule has 0 aromatic heterocycles. The largest absolute Gasteiger partial charge is 0.399 e. The minimum Gasteiger partial charge on any atom is -0.399 e. The Morgan fingerprint density at radius 3 is 2.50 bits per heavy atom. The van der Waals surface area contributed by atoms with E-state index in [0.717, 1.165) is 49.5 Å². The molecule has 1 amide bonds.